The van der Waals surface area contributed by atoms with Gasteiger partial charge in [-0.3, -0.25) is 18.6 Å². The topological polar surface area (TPSA) is 108 Å². The lowest BCUT2D eigenvalue weighted by Gasteiger charge is -2.24. The summed E-state index contributed by atoms with van der Waals surface area (Å²) in [5.41, 5.74) is 0. The number of nitrogens with zero attached hydrogens (tertiary/aromatic N) is 1. The Morgan fingerprint density at radius 2 is 0.663 bits per heavy atom. The third-order valence-electron chi connectivity index (χ3n) is 16.2. The van der Waals surface area contributed by atoms with Gasteiger partial charge in [-0.05, 0) is 83.5 Å². The number of hydrogen-bond donors (Lipinski definition) is 1. The average Bonchev–Trinajstić information content (AvgIpc) is 3.56. The van der Waals surface area contributed by atoms with Gasteiger partial charge in [-0.1, -0.05) is 324 Å². The van der Waals surface area contributed by atoms with Gasteiger partial charge >= 0.3 is 19.8 Å². The van der Waals surface area contributed by atoms with Gasteiger partial charge in [-0.2, -0.15) is 0 Å². The molecule has 2 atom stereocenters. The van der Waals surface area contributed by atoms with Gasteiger partial charge in [-0.25, -0.2) is 4.57 Å². The third kappa shape index (κ3) is 70.5. The van der Waals surface area contributed by atoms with Crippen molar-refractivity contribution in [1.29, 1.82) is 0 Å². The van der Waals surface area contributed by atoms with Crippen LogP contribution in [0.1, 0.15) is 348 Å². The number of hydrogen-bond acceptors (Lipinski definition) is 7. The predicted molar refractivity (Wildman–Crippen MR) is 372 cm³/mol. The summed E-state index contributed by atoms with van der Waals surface area (Å²) in [4.78, 5) is 35.9. The molecule has 0 rings (SSSR count). The lowest BCUT2D eigenvalue weighted by atomic mass is 10.0. The van der Waals surface area contributed by atoms with Crippen molar-refractivity contribution >= 4 is 19.8 Å². The number of rotatable bonds is 68. The van der Waals surface area contributed by atoms with E-state index in [4.69, 9.17) is 18.5 Å². The zero-order valence-electron chi connectivity index (χ0n) is 57.3. The smallest absolute Gasteiger partial charge is 0.462 e. The van der Waals surface area contributed by atoms with E-state index in [9.17, 15) is 19.0 Å². The summed E-state index contributed by atoms with van der Waals surface area (Å²) in [5, 5.41) is 0. The standard InChI is InChI=1S/C76H140NO8P/c1-6-8-10-12-14-16-18-20-22-24-26-28-30-32-34-35-36-37-38-39-40-41-43-45-47-49-51-53-55-57-59-61-63-65-67-69-76(79)85-74(73-84-86(80,81)83-71-70-77(3,4)5)72-82-75(78)68-66-64-62-60-58-56-54-52-50-48-46-44-42-33-31-29-27-25-23-21-19-17-15-13-11-9-7-2/h8,10,14,16,19-22,25-28,74H,6-7,9,11-13,15,17-18,23-24,29-73H2,1-5H3/p+1/b10-8-,16-14-,21-19-,22-20-,27-25-,28-26-. The second-order valence-electron chi connectivity index (χ2n) is 25.9. The summed E-state index contributed by atoms with van der Waals surface area (Å²) in [6.45, 7) is 4.37. The fraction of sp³-hybridized carbons (Fsp3) is 0.816. The van der Waals surface area contributed by atoms with Crippen molar-refractivity contribution in [3.63, 3.8) is 0 Å². The molecule has 0 fully saturated rings. The molecule has 2 unspecified atom stereocenters. The van der Waals surface area contributed by atoms with Crippen LogP contribution in [0.15, 0.2) is 72.9 Å². The number of carbonyl (C=O) groups excluding carboxylic acids is 2. The average molecular weight is 1230 g/mol. The van der Waals surface area contributed by atoms with Crippen LogP contribution in [0, 0.1) is 0 Å². The molecular formula is C76H141NO8P+. The maximum Gasteiger partial charge on any atom is 0.472 e. The molecule has 0 saturated carbocycles. The molecule has 0 aliphatic carbocycles. The van der Waals surface area contributed by atoms with E-state index in [0.29, 0.717) is 23.9 Å². The van der Waals surface area contributed by atoms with E-state index in [1.165, 1.54) is 250 Å². The van der Waals surface area contributed by atoms with Gasteiger partial charge < -0.3 is 18.9 Å². The monoisotopic (exact) mass is 1230 g/mol. The van der Waals surface area contributed by atoms with E-state index in [1.807, 2.05) is 21.1 Å². The number of carbonyl (C=O) groups is 2. The lowest BCUT2D eigenvalue weighted by molar-refractivity contribution is -0.870. The Hall–Kier alpha value is -2.55. The molecule has 0 radical (unpaired) electrons. The van der Waals surface area contributed by atoms with Crippen molar-refractivity contribution in [3.05, 3.63) is 72.9 Å². The van der Waals surface area contributed by atoms with Gasteiger partial charge in [0.15, 0.2) is 6.10 Å². The maximum absolute atomic E-state index is 12.9. The first-order valence-corrected chi connectivity index (χ1v) is 38.2. The molecule has 0 aliphatic rings. The minimum absolute atomic E-state index is 0.0326. The molecule has 10 heteroatoms. The molecule has 0 spiro atoms. The Balaban J connectivity index is 3.97. The minimum atomic E-state index is -4.39. The van der Waals surface area contributed by atoms with E-state index >= 15 is 0 Å². The van der Waals surface area contributed by atoms with Crippen LogP contribution in [-0.4, -0.2) is 74.9 Å². The van der Waals surface area contributed by atoms with Crippen LogP contribution in [0.3, 0.4) is 0 Å². The number of unbranched alkanes of at least 4 members (excludes halogenated alkanes) is 42. The van der Waals surface area contributed by atoms with Crippen LogP contribution < -0.4 is 0 Å². The lowest BCUT2D eigenvalue weighted by Crippen LogP contribution is -2.37. The van der Waals surface area contributed by atoms with Crippen LogP contribution >= 0.6 is 7.82 Å². The molecule has 0 aliphatic heterocycles. The first kappa shape index (κ1) is 83.5. The third-order valence-corrected chi connectivity index (χ3v) is 17.2. The highest BCUT2D eigenvalue weighted by Crippen LogP contribution is 2.43. The molecule has 502 valence electrons. The van der Waals surface area contributed by atoms with Crippen LogP contribution in [0.4, 0.5) is 0 Å². The number of quaternary nitrogens is 1. The summed E-state index contributed by atoms with van der Waals surface area (Å²) < 4.78 is 34.8. The highest BCUT2D eigenvalue weighted by molar-refractivity contribution is 7.47. The van der Waals surface area contributed by atoms with Crippen molar-refractivity contribution < 1.29 is 42.1 Å². The summed E-state index contributed by atoms with van der Waals surface area (Å²) >= 11 is 0. The molecule has 9 nitrogen and oxygen atoms in total. The largest absolute Gasteiger partial charge is 0.472 e. The molecule has 0 amide bonds. The van der Waals surface area contributed by atoms with Crippen molar-refractivity contribution in [2.75, 3.05) is 47.5 Å². The highest BCUT2D eigenvalue weighted by atomic mass is 31.2. The molecule has 1 N–H and O–H groups in total. The second-order valence-corrected chi connectivity index (χ2v) is 27.4. The zero-order valence-corrected chi connectivity index (χ0v) is 58.2. The molecule has 0 bridgehead atoms. The Kier molecular flexibility index (Phi) is 64.9. The molecule has 0 aromatic rings. The van der Waals surface area contributed by atoms with Crippen molar-refractivity contribution in [2.24, 2.45) is 0 Å². The maximum atomic E-state index is 12.9. The highest BCUT2D eigenvalue weighted by Gasteiger charge is 2.27. The van der Waals surface area contributed by atoms with Crippen LogP contribution in [-0.2, 0) is 32.7 Å². The minimum Gasteiger partial charge on any atom is -0.462 e. The SMILES string of the molecule is CC/C=C\C/C=C\C/C=C\C/C=C\CCCCCCCCCCCCCCCCCCCCCCCCC(=O)OC(COC(=O)CCCCCCCCCCCCCCCCC/C=C\C/C=C\CCCCCCC)COP(=O)(O)OCC[N+](C)(C)C. The number of esters is 2. The van der Waals surface area contributed by atoms with Gasteiger partial charge in [0, 0.05) is 12.8 Å². The number of allylic oxidation sites excluding steroid dienone is 12. The van der Waals surface area contributed by atoms with E-state index in [1.54, 1.807) is 0 Å². The number of phosphoric ester groups is 1. The Morgan fingerprint density at radius 3 is 0.988 bits per heavy atom. The molecule has 0 heterocycles. The Bertz CT molecular complexity index is 1680. The molecule has 0 saturated heterocycles. The molecule has 0 aromatic carbocycles. The summed E-state index contributed by atoms with van der Waals surface area (Å²) in [7, 11) is 1.49. The van der Waals surface area contributed by atoms with E-state index in [0.717, 1.165) is 64.2 Å². The first-order chi connectivity index (χ1) is 42.0. The normalized spacial score (nSPS) is 13.5. The quantitative estimate of drug-likeness (QED) is 0.0211. The fourth-order valence-corrected chi connectivity index (χ4v) is 11.4. The summed E-state index contributed by atoms with van der Waals surface area (Å²) in [6.07, 6.45) is 90.2. The van der Waals surface area contributed by atoms with Gasteiger partial charge in [0.2, 0.25) is 0 Å². The number of likely N-dealkylation sites (N-methyl/N-ethyl adjacent to an activating group) is 1. The molecule has 0 aromatic heterocycles. The Morgan fingerprint density at radius 1 is 0.372 bits per heavy atom. The molecular weight excluding hydrogens is 1090 g/mol. The second kappa shape index (κ2) is 66.9. The van der Waals surface area contributed by atoms with Gasteiger partial charge in [0.25, 0.3) is 0 Å². The van der Waals surface area contributed by atoms with Crippen molar-refractivity contribution in [2.45, 2.75) is 354 Å². The first-order valence-electron chi connectivity index (χ1n) is 36.7. The number of phosphoric acid groups is 1. The Labute approximate surface area is 533 Å². The summed E-state index contributed by atoms with van der Waals surface area (Å²) in [6, 6.07) is 0. The number of ether oxygens (including phenoxy) is 2. The van der Waals surface area contributed by atoms with Crippen molar-refractivity contribution in [1.82, 2.24) is 0 Å². The van der Waals surface area contributed by atoms with Crippen molar-refractivity contribution in [3.8, 4) is 0 Å². The van der Waals surface area contributed by atoms with Gasteiger partial charge in [-0.15, -0.1) is 0 Å². The van der Waals surface area contributed by atoms with Crippen LogP contribution in [0.2, 0.25) is 0 Å². The predicted octanol–water partition coefficient (Wildman–Crippen LogP) is 23.9. The zero-order chi connectivity index (χ0) is 62.6. The van der Waals surface area contributed by atoms with E-state index in [2.05, 4.69) is 86.8 Å². The van der Waals surface area contributed by atoms with Gasteiger partial charge in [0.05, 0.1) is 27.7 Å². The summed E-state index contributed by atoms with van der Waals surface area (Å²) in [5.74, 6) is -0.780. The fourth-order valence-electron chi connectivity index (χ4n) is 10.6. The van der Waals surface area contributed by atoms with Crippen LogP contribution in [0.5, 0.6) is 0 Å². The van der Waals surface area contributed by atoms with Gasteiger partial charge in [0.1, 0.15) is 19.8 Å². The van der Waals surface area contributed by atoms with E-state index in [-0.39, 0.29) is 25.6 Å². The van der Waals surface area contributed by atoms with E-state index < -0.39 is 26.5 Å². The van der Waals surface area contributed by atoms with Crippen LogP contribution in [0.25, 0.3) is 0 Å². The molecule has 86 heavy (non-hydrogen) atoms.